The second kappa shape index (κ2) is 5.28. The van der Waals surface area contributed by atoms with E-state index >= 15 is 0 Å². The summed E-state index contributed by atoms with van der Waals surface area (Å²) in [5.41, 5.74) is 0. The van der Waals surface area contributed by atoms with Gasteiger partial charge in [-0.15, -0.1) is 0 Å². The average Bonchev–Trinajstić information content (AvgIpc) is 2.80. The summed E-state index contributed by atoms with van der Waals surface area (Å²) in [6.45, 7) is 2.33. The fraction of sp³-hybridized carbons (Fsp3) is 0.769. The third-order valence-electron chi connectivity index (χ3n) is 3.99. The Kier molecular flexibility index (Phi) is 3.50. The van der Waals surface area contributed by atoms with Crippen LogP contribution in [0.1, 0.15) is 30.9 Å². The van der Waals surface area contributed by atoms with Gasteiger partial charge in [-0.3, -0.25) is 4.79 Å². The van der Waals surface area contributed by atoms with E-state index in [1.807, 2.05) is 4.68 Å². The van der Waals surface area contributed by atoms with E-state index < -0.39 is 5.97 Å². The molecule has 2 unspecified atom stereocenters. The highest BCUT2D eigenvalue weighted by Gasteiger charge is 2.27. The molecule has 2 aliphatic heterocycles. The maximum atomic E-state index is 11.0. The summed E-state index contributed by atoms with van der Waals surface area (Å²) >= 11 is 0. The molecule has 0 bridgehead atoms. The number of nitrogens with zero attached hydrogens (tertiary/aromatic N) is 3. The van der Waals surface area contributed by atoms with E-state index in [9.17, 15) is 4.79 Å². The first-order chi connectivity index (χ1) is 9.22. The van der Waals surface area contributed by atoms with Crippen molar-refractivity contribution in [1.82, 2.24) is 14.8 Å². The first-order valence-corrected chi connectivity index (χ1v) is 6.95. The Balaban J connectivity index is 1.67. The number of aryl methyl sites for hydroxylation is 1. The van der Waals surface area contributed by atoms with Crippen LogP contribution in [0.3, 0.4) is 0 Å². The lowest BCUT2D eigenvalue weighted by atomic mass is 9.98. The van der Waals surface area contributed by atoms with E-state index in [-0.39, 0.29) is 5.92 Å². The molecule has 0 aromatic carbocycles. The van der Waals surface area contributed by atoms with Gasteiger partial charge in [0, 0.05) is 32.6 Å². The van der Waals surface area contributed by atoms with Gasteiger partial charge in [0.05, 0.1) is 5.92 Å². The molecule has 1 fully saturated rings. The van der Waals surface area contributed by atoms with Gasteiger partial charge in [0.2, 0.25) is 0 Å². The van der Waals surface area contributed by atoms with Crippen LogP contribution in [0.4, 0.5) is 0 Å². The molecule has 1 aromatic rings. The number of carboxylic acids is 1. The fourth-order valence-electron chi connectivity index (χ4n) is 2.88. The van der Waals surface area contributed by atoms with Gasteiger partial charge in [0.25, 0.3) is 0 Å². The number of rotatable bonds is 3. The Labute approximate surface area is 111 Å². The van der Waals surface area contributed by atoms with E-state index in [2.05, 4.69) is 10.1 Å². The van der Waals surface area contributed by atoms with Crippen LogP contribution >= 0.6 is 0 Å². The Morgan fingerprint density at radius 2 is 2.37 bits per heavy atom. The normalized spacial score (nSPS) is 26.9. The van der Waals surface area contributed by atoms with Crippen LogP contribution in [0.2, 0.25) is 0 Å². The summed E-state index contributed by atoms with van der Waals surface area (Å²) in [7, 11) is 0. The molecule has 0 aliphatic carbocycles. The van der Waals surface area contributed by atoms with E-state index in [0.717, 1.165) is 37.7 Å². The maximum absolute atomic E-state index is 11.0. The van der Waals surface area contributed by atoms with Crippen molar-refractivity contribution in [2.24, 2.45) is 11.8 Å². The molecule has 6 nitrogen and oxygen atoms in total. The van der Waals surface area contributed by atoms with Crippen molar-refractivity contribution in [3.05, 3.63) is 11.6 Å². The molecule has 0 radical (unpaired) electrons. The van der Waals surface area contributed by atoms with Crippen LogP contribution in [0.5, 0.6) is 0 Å². The van der Waals surface area contributed by atoms with Crippen molar-refractivity contribution in [3.8, 4) is 0 Å². The Morgan fingerprint density at radius 3 is 3.11 bits per heavy atom. The predicted molar refractivity (Wildman–Crippen MR) is 66.7 cm³/mol. The number of ether oxygens (including phenoxy) is 1. The molecular formula is C13H19N3O3. The average molecular weight is 265 g/mol. The minimum atomic E-state index is -0.725. The second-order valence-electron chi connectivity index (χ2n) is 5.48. The van der Waals surface area contributed by atoms with E-state index in [0.29, 0.717) is 25.3 Å². The monoisotopic (exact) mass is 265 g/mol. The molecule has 0 amide bonds. The van der Waals surface area contributed by atoms with Crippen LogP contribution < -0.4 is 0 Å². The molecule has 0 spiro atoms. The zero-order valence-electron chi connectivity index (χ0n) is 10.9. The first kappa shape index (κ1) is 12.6. The molecule has 1 aromatic heterocycles. The number of carboxylic acid groups (broad SMARTS) is 1. The van der Waals surface area contributed by atoms with Crippen molar-refractivity contribution >= 4 is 5.97 Å². The van der Waals surface area contributed by atoms with Crippen LogP contribution in [-0.2, 0) is 28.9 Å². The SMILES string of the molecule is O=C(O)C1CCn2nc(CC3CCCOC3)nc2C1. The second-order valence-corrected chi connectivity index (χ2v) is 5.48. The zero-order valence-corrected chi connectivity index (χ0v) is 10.9. The van der Waals surface area contributed by atoms with Crippen LogP contribution in [-0.4, -0.2) is 39.1 Å². The maximum Gasteiger partial charge on any atom is 0.307 e. The van der Waals surface area contributed by atoms with Crippen LogP contribution in [0.15, 0.2) is 0 Å². The first-order valence-electron chi connectivity index (χ1n) is 6.95. The zero-order chi connectivity index (χ0) is 13.2. The predicted octanol–water partition coefficient (Wildman–Crippen LogP) is 0.894. The van der Waals surface area contributed by atoms with Gasteiger partial charge in [-0.1, -0.05) is 0 Å². The van der Waals surface area contributed by atoms with E-state index in [4.69, 9.17) is 9.84 Å². The van der Waals surface area contributed by atoms with E-state index in [1.54, 1.807) is 0 Å². The molecule has 104 valence electrons. The Morgan fingerprint density at radius 1 is 1.47 bits per heavy atom. The van der Waals surface area contributed by atoms with Gasteiger partial charge in [-0.25, -0.2) is 9.67 Å². The van der Waals surface area contributed by atoms with Crippen molar-refractivity contribution in [1.29, 1.82) is 0 Å². The van der Waals surface area contributed by atoms with Gasteiger partial charge in [0.1, 0.15) is 5.82 Å². The number of hydrogen-bond donors (Lipinski definition) is 1. The molecule has 3 heterocycles. The minimum Gasteiger partial charge on any atom is -0.481 e. The largest absolute Gasteiger partial charge is 0.481 e. The number of hydrogen-bond acceptors (Lipinski definition) is 4. The molecule has 1 N–H and O–H groups in total. The van der Waals surface area contributed by atoms with Gasteiger partial charge in [0.15, 0.2) is 5.82 Å². The third-order valence-corrected chi connectivity index (χ3v) is 3.99. The van der Waals surface area contributed by atoms with Gasteiger partial charge in [-0.2, -0.15) is 5.10 Å². The van der Waals surface area contributed by atoms with Crippen LogP contribution in [0, 0.1) is 11.8 Å². The fourth-order valence-corrected chi connectivity index (χ4v) is 2.88. The lowest BCUT2D eigenvalue weighted by Gasteiger charge is -2.20. The molecule has 3 rings (SSSR count). The molecule has 0 saturated carbocycles. The highest BCUT2D eigenvalue weighted by atomic mass is 16.5. The summed E-state index contributed by atoms with van der Waals surface area (Å²) in [5, 5.41) is 13.6. The van der Waals surface area contributed by atoms with Gasteiger partial charge < -0.3 is 9.84 Å². The van der Waals surface area contributed by atoms with Gasteiger partial charge in [-0.05, 0) is 25.2 Å². The van der Waals surface area contributed by atoms with E-state index in [1.165, 1.54) is 6.42 Å². The lowest BCUT2D eigenvalue weighted by Crippen LogP contribution is -2.26. The summed E-state index contributed by atoms with van der Waals surface area (Å²) in [4.78, 5) is 15.5. The van der Waals surface area contributed by atoms with Crippen molar-refractivity contribution < 1.29 is 14.6 Å². The summed E-state index contributed by atoms with van der Waals surface area (Å²) in [5.74, 6) is 1.15. The summed E-state index contributed by atoms with van der Waals surface area (Å²) in [6, 6.07) is 0. The topological polar surface area (TPSA) is 77.2 Å². The minimum absolute atomic E-state index is 0.303. The lowest BCUT2D eigenvalue weighted by molar-refractivity contribution is -0.142. The number of carbonyl (C=O) groups is 1. The summed E-state index contributed by atoms with van der Waals surface area (Å²) in [6.07, 6.45) is 4.28. The molecule has 6 heteroatoms. The van der Waals surface area contributed by atoms with Crippen LogP contribution in [0.25, 0.3) is 0 Å². The standard InChI is InChI=1S/C13H19N3O3/c17-13(18)10-3-4-16-12(7-10)14-11(15-16)6-9-2-1-5-19-8-9/h9-10H,1-8H2,(H,17,18). The Hall–Kier alpha value is -1.43. The molecule has 2 aliphatic rings. The molecule has 1 saturated heterocycles. The van der Waals surface area contributed by atoms with Crippen molar-refractivity contribution in [2.45, 2.75) is 38.6 Å². The van der Waals surface area contributed by atoms with Crippen molar-refractivity contribution in [3.63, 3.8) is 0 Å². The smallest absolute Gasteiger partial charge is 0.307 e. The Bertz CT molecular complexity index is 466. The highest BCUT2D eigenvalue weighted by Crippen LogP contribution is 2.21. The number of aromatic nitrogens is 3. The highest BCUT2D eigenvalue weighted by molar-refractivity contribution is 5.70. The summed E-state index contributed by atoms with van der Waals surface area (Å²) < 4.78 is 7.34. The molecular weight excluding hydrogens is 246 g/mol. The number of fused-ring (bicyclic) bond motifs is 1. The van der Waals surface area contributed by atoms with Gasteiger partial charge >= 0.3 is 5.97 Å². The quantitative estimate of drug-likeness (QED) is 0.878. The molecule has 19 heavy (non-hydrogen) atoms. The van der Waals surface area contributed by atoms with Crippen molar-refractivity contribution in [2.75, 3.05) is 13.2 Å². The third kappa shape index (κ3) is 2.78. The molecule has 2 atom stereocenters. The number of aliphatic carboxylic acids is 1.